The number of aryl methyl sites for hydroxylation is 2. The minimum atomic E-state index is -0.329. The van der Waals surface area contributed by atoms with Gasteiger partial charge in [0.2, 0.25) is 0 Å². The average Bonchev–Trinajstić information content (AvgIpc) is 3.59. The maximum absolute atomic E-state index is 13.5. The van der Waals surface area contributed by atoms with Crippen LogP contribution in [0.5, 0.6) is 0 Å². The van der Waals surface area contributed by atoms with Crippen molar-refractivity contribution >= 4 is 45.6 Å². The van der Waals surface area contributed by atoms with Crippen molar-refractivity contribution in [1.29, 1.82) is 0 Å². The second-order valence-corrected chi connectivity index (χ2v) is 11.1. The number of thiazole rings is 2. The first-order chi connectivity index (χ1) is 16.9. The number of ether oxygens (including phenoxy) is 1. The largest absolute Gasteiger partial charge is 0.453 e. The third-order valence-corrected chi connectivity index (χ3v) is 8.60. The second kappa shape index (κ2) is 9.54. The predicted octanol–water partition coefficient (Wildman–Crippen LogP) is 4.86. The average molecular weight is 513 g/mol. The number of pyridine rings is 1. The summed E-state index contributed by atoms with van der Waals surface area (Å²) in [6.45, 7) is 5.47. The lowest BCUT2D eigenvalue weighted by molar-refractivity contribution is 0.00561. The molecule has 0 radical (unpaired) electrons. The zero-order chi connectivity index (χ0) is 24.6. The van der Waals surface area contributed by atoms with Crippen LogP contribution in [0, 0.1) is 13.8 Å². The number of carbonyl (C=O) groups excluding carboxylic acids is 2. The highest BCUT2D eigenvalue weighted by Crippen LogP contribution is 2.39. The summed E-state index contributed by atoms with van der Waals surface area (Å²) < 4.78 is 4.93. The summed E-state index contributed by atoms with van der Waals surface area (Å²) in [4.78, 5) is 44.0. The Labute approximate surface area is 212 Å². The molecule has 1 saturated carbocycles. The first kappa shape index (κ1) is 23.7. The van der Waals surface area contributed by atoms with E-state index in [0.29, 0.717) is 31.0 Å². The third-order valence-electron chi connectivity index (χ3n) is 6.75. The molecule has 1 aliphatic heterocycles. The normalized spacial score (nSPS) is 17.1. The highest BCUT2D eigenvalue weighted by Gasteiger charge is 2.47. The molecule has 0 bridgehead atoms. The van der Waals surface area contributed by atoms with Crippen LogP contribution in [0.15, 0.2) is 23.7 Å². The van der Waals surface area contributed by atoms with Gasteiger partial charge < -0.3 is 19.9 Å². The SMILES string of the molecule is COC(=O)N1CCN(C(=O)c2ccc(Nc3nc(-c4sc(C)nc4C)cs3)nc2)C2(CCCC2)C1. The predicted molar refractivity (Wildman–Crippen MR) is 136 cm³/mol. The maximum atomic E-state index is 13.5. The van der Waals surface area contributed by atoms with E-state index in [-0.39, 0.29) is 17.5 Å². The number of hydrogen-bond acceptors (Lipinski definition) is 9. The Balaban J connectivity index is 1.29. The minimum absolute atomic E-state index is 0.0389. The Kier molecular flexibility index (Phi) is 6.45. The van der Waals surface area contributed by atoms with Crippen molar-refractivity contribution in [2.45, 2.75) is 45.1 Å². The molecule has 35 heavy (non-hydrogen) atoms. The van der Waals surface area contributed by atoms with E-state index >= 15 is 0 Å². The highest BCUT2D eigenvalue weighted by atomic mass is 32.1. The number of piperazine rings is 1. The molecule has 0 unspecified atom stereocenters. The molecule has 2 amide bonds. The van der Waals surface area contributed by atoms with Crippen LogP contribution in [0.1, 0.15) is 46.7 Å². The van der Waals surface area contributed by atoms with Crippen molar-refractivity contribution in [2.24, 2.45) is 0 Å². The summed E-state index contributed by atoms with van der Waals surface area (Å²) in [6, 6.07) is 3.61. The van der Waals surface area contributed by atoms with E-state index in [4.69, 9.17) is 4.74 Å². The number of amides is 2. The van der Waals surface area contributed by atoms with Crippen molar-refractivity contribution in [3.05, 3.63) is 40.0 Å². The van der Waals surface area contributed by atoms with Gasteiger partial charge in [0.25, 0.3) is 5.91 Å². The van der Waals surface area contributed by atoms with Crippen molar-refractivity contribution in [3.8, 4) is 10.6 Å². The van der Waals surface area contributed by atoms with Gasteiger partial charge in [-0.1, -0.05) is 12.8 Å². The van der Waals surface area contributed by atoms with E-state index < -0.39 is 0 Å². The summed E-state index contributed by atoms with van der Waals surface area (Å²) in [5.74, 6) is 0.591. The van der Waals surface area contributed by atoms with Gasteiger partial charge in [-0.3, -0.25) is 4.79 Å². The van der Waals surface area contributed by atoms with Crippen LogP contribution in [0.4, 0.5) is 15.7 Å². The molecule has 3 aromatic heterocycles. The molecule has 5 rings (SSSR count). The summed E-state index contributed by atoms with van der Waals surface area (Å²) in [7, 11) is 1.40. The molecule has 9 nitrogen and oxygen atoms in total. The molecule has 0 atom stereocenters. The molecule has 1 aliphatic carbocycles. The summed E-state index contributed by atoms with van der Waals surface area (Å²) in [6.07, 6.45) is 5.18. The number of methoxy groups -OCH3 is 1. The maximum Gasteiger partial charge on any atom is 0.409 e. The van der Waals surface area contributed by atoms with E-state index in [1.54, 1.807) is 28.5 Å². The number of aromatic nitrogens is 3. The summed E-state index contributed by atoms with van der Waals surface area (Å²) >= 11 is 3.14. The second-order valence-electron chi connectivity index (χ2n) is 9.02. The molecule has 0 aromatic carbocycles. The van der Waals surface area contributed by atoms with Crippen LogP contribution in [-0.2, 0) is 4.74 Å². The lowest BCUT2D eigenvalue weighted by Gasteiger charge is -2.48. The standard InChI is InChI=1S/C24H28N6O3S2/c1-15-20(35-16(2)26-15)18-13-34-22(27-18)28-19-7-6-17(12-25-19)21(31)30-11-10-29(23(32)33-3)14-24(30)8-4-5-9-24/h6-7,12-13H,4-5,8-11,14H2,1-3H3,(H,25,27,28). The number of rotatable bonds is 4. The number of anilines is 2. The smallest absolute Gasteiger partial charge is 0.409 e. The van der Waals surface area contributed by atoms with Crippen molar-refractivity contribution < 1.29 is 14.3 Å². The van der Waals surface area contributed by atoms with Crippen LogP contribution < -0.4 is 5.32 Å². The molecular weight excluding hydrogens is 484 g/mol. The number of nitrogens with zero attached hydrogens (tertiary/aromatic N) is 5. The van der Waals surface area contributed by atoms with Crippen molar-refractivity contribution in [1.82, 2.24) is 24.8 Å². The van der Waals surface area contributed by atoms with Crippen LogP contribution in [0.2, 0.25) is 0 Å². The molecule has 1 saturated heterocycles. The first-order valence-corrected chi connectivity index (χ1v) is 13.4. The number of nitrogens with one attached hydrogen (secondary N) is 1. The summed E-state index contributed by atoms with van der Waals surface area (Å²) in [5, 5.41) is 7.00. The lowest BCUT2D eigenvalue weighted by atomic mass is 9.91. The zero-order valence-corrected chi connectivity index (χ0v) is 21.7. The van der Waals surface area contributed by atoms with Gasteiger partial charge in [-0.05, 0) is 38.8 Å². The fourth-order valence-electron chi connectivity index (χ4n) is 5.10. The number of hydrogen-bond donors (Lipinski definition) is 1. The van der Waals surface area contributed by atoms with Crippen molar-refractivity contribution in [2.75, 3.05) is 32.1 Å². The fourth-order valence-corrected chi connectivity index (χ4v) is 6.77. The Hall–Kier alpha value is -3.05. The van der Waals surface area contributed by atoms with Gasteiger partial charge in [0.15, 0.2) is 5.13 Å². The first-order valence-electron chi connectivity index (χ1n) is 11.7. The van der Waals surface area contributed by atoms with Crippen LogP contribution in [0.3, 0.4) is 0 Å². The Morgan fingerprint density at radius 1 is 1.14 bits per heavy atom. The number of carbonyl (C=O) groups is 2. The molecule has 3 aromatic rings. The molecule has 11 heteroatoms. The van der Waals surface area contributed by atoms with Gasteiger partial charge in [0, 0.05) is 31.2 Å². The van der Waals surface area contributed by atoms with E-state index in [2.05, 4.69) is 20.3 Å². The lowest BCUT2D eigenvalue weighted by Crippen LogP contribution is -2.63. The van der Waals surface area contributed by atoms with E-state index in [1.165, 1.54) is 18.4 Å². The molecule has 4 heterocycles. The highest BCUT2D eigenvalue weighted by molar-refractivity contribution is 7.16. The van der Waals surface area contributed by atoms with Crippen LogP contribution in [-0.4, -0.2) is 69.0 Å². The fraction of sp³-hybridized carbons (Fsp3) is 0.458. The van der Waals surface area contributed by atoms with E-state index in [0.717, 1.165) is 52.1 Å². The molecular formula is C24H28N6O3S2. The Morgan fingerprint density at radius 3 is 2.60 bits per heavy atom. The van der Waals surface area contributed by atoms with E-state index in [1.807, 2.05) is 30.2 Å². The molecule has 2 aliphatic rings. The van der Waals surface area contributed by atoms with Gasteiger partial charge in [-0.15, -0.1) is 22.7 Å². The van der Waals surface area contributed by atoms with Gasteiger partial charge in [-0.25, -0.2) is 19.7 Å². The zero-order valence-electron chi connectivity index (χ0n) is 20.0. The third kappa shape index (κ3) is 4.62. The summed E-state index contributed by atoms with van der Waals surface area (Å²) in [5.41, 5.74) is 2.10. The van der Waals surface area contributed by atoms with E-state index in [9.17, 15) is 9.59 Å². The van der Waals surface area contributed by atoms with Gasteiger partial charge in [0.05, 0.1) is 39.5 Å². The van der Waals surface area contributed by atoms with Crippen molar-refractivity contribution in [3.63, 3.8) is 0 Å². The topological polar surface area (TPSA) is 101 Å². The quantitative estimate of drug-likeness (QED) is 0.533. The molecule has 1 spiro atoms. The van der Waals surface area contributed by atoms with Crippen LogP contribution >= 0.6 is 22.7 Å². The minimum Gasteiger partial charge on any atom is -0.453 e. The Bertz CT molecular complexity index is 1230. The monoisotopic (exact) mass is 512 g/mol. The van der Waals surface area contributed by atoms with Crippen LogP contribution in [0.25, 0.3) is 10.6 Å². The van der Waals surface area contributed by atoms with Gasteiger partial charge >= 0.3 is 6.09 Å². The molecule has 2 fully saturated rings. The molecule has 184 valence electrons. The Morgan fingerprint density at radius 2 is 1.94 bits per heavy atom. The van der Waals surface area contributed by atoms with Gasteiger partial charge in [-0.2, -0.15) is 0 Å². The molecule has 1 N–H and O–H groups in total. The van der Waals surface area contributed by atoms with Gasteiger partial charge in [0.1, 0.15) is 5.82 Å².